The maximum atomic E-state index is 12.3. The molecule has 1 amide bonds. The minimum Gasteiger partial charge on any atom is -0.324 e. The minimum atomic E-state index is -0.752. The van der Waals surface area contributed by atoms with E-state index in [1.54, 1.807) is 43.6 Å². The molecule has 3 rings (SSSR count). The minimum absolute atomic E-state index is 0.316. The van der Waals surface area contributed by atoms with Crippen molar-refractivity contribution in [2.24, 2.45) is 0 Å². The van der Waals surface area contributed by atoms with E-state index in [0.29, 0.717) is 11.5 Å². The highest BCUT2D eigenvalue weighted by Crippen LogP contribution is 2.10. The van der Waals surface area contributed by atoms with Crippen molar-refractivity contribution in [1.29, 1.82) is 0 Å². The number of rotatable bonds is 4. The molecular formula is C16H15N5O2. The van der Waals surface area contributed by atoms with Gasteiger partial charge in [0.2, 0.25) is 5.91 Å². The summed E-state index contributed by atoms with van der Waals surface area (Å²) < 4.78 is 2.67. The summed E-state index contributed by atoms with van der Waals surface area (Å²) in [5, 5.41) is 11.0. The fraction of sp³-hybridized carbons (Fsp3) is 0.125. The van der Waals surface area contributed by atoms with Gasteiger partial charge in [-0.3, -0.25) is 9.59 Å². The van der Waals surface area contributed by atoms with Crippen molar-refractivity contribution >= 4 is 11.6 Å². The van der Waals surface area contributed by atoms with Crippen molar-refractivity contribution in [3.63, 3.8) is 0 Å². The van der Waals surface area contributed by atoms with Gasteiger partial charge in [0.15, 0.2) is 5.82 Å². The number of carbonyl (C=O) groups is 1. The van der Waals surface area contributed by atoms with Crippen molar-refractivity contribution in [3.05, 3.63) is 71.3 Å². The predicted octanol–water partition coefficient (Wildman–Crippen LogP) is 1.63. The number of hydrogen-bond donors (Lipinski definition) is 1. The summed E-state index contributed by atoms with van der Waals surface area (Å²) in [7, 11) is 0. The Morgan fingerprint density at radius 2 is 1.91 bits per heavy atom. The lowest BCUT2D eigenvalue weighted by atomic mass is 10.2. The molecule has 0 bridgehead atoms. The fourth-order valence-corrected chi connectivity index (χ4v) is 2.10. The van der Waals surface area contributed by atoms with E-state index in [1.807, 2.05) is 18.2 Å². The number of anilines is 1. The lowest BCUT2D eigenvalue weighted by Crippen LogP contribution is -2.33. The van der Waals surface area contributed by atoms with Crippen LogP contribution < -0.4 is 10.9 Å². The van der Waals surface area contributed by atoms with Gasteiger partial charge >= 0.3 is 0 Å². The lowest BCUT2D eigenvalue weighted by molar-refractivity contribution is -0.119. The standard InChI is InChI=1S/C16H15N5O2/c1-12(16(23)18-13-6-3-2-4-7-13)21-15(22)9-8-14(19-21)20-11-5-10-17-20/h2-12H,1H3,(H,18,23). The first kappa shape index (κ1) is 14.7. The largest absolute Gasteiger partial charge is 0.324 e. The van der Waals surface area contributed by atoms with Gasteiger partial charge in [-0.2, -0.15) is 5.10 Å². The van der Waals surface area contributed by atoms with Crippen molar-refractivity contribution in [2.75, 3.05) is 5.32 Å². The summed E-state index contributed by atoms with van der Waals surface area (Å²) in [6.45, 7) is 1.62. The first-order valence-corrected chi connectivity index (χ1v) is 7.11. The lowest BCUT2D eigenvalue weighted by Gasteiger charge is -2.14. The molecule has 1 unspecified atom stereocenters. The van der Waals surface area contributed by atoms with Gasteiger partial charge in [0, 0.05) is 24.1 Å². The van der Waals surface area contributed by atoms with Gasteiger partial charge in [-0.05, 0) is 31.2 Å². The van der Waals surface area contributed by atoms with Crippen LogP contribution in [0.4, 0.5) is 5.69 Å². The Balaban J connectivity index is 1.87. The van der Waals surface area contributed by atoms with Gasteiger partial charge < -0.3 is 5.32 Å². The van der Waals surface area contributed by atoms with Gasteiger partial charge in [0.05, 0.1) is 0 Å². The number of carbonyl (C=O) groups excluding carboxylic acids is 1. The van der Waals surface area contributed by atoms with Gasteiger partial charge in [-0.15, -0.1) is 5.10 Å². The molecule has 7 nitrogen and oxygen atoms in total. The summed E-state index contributed by atoms with van der Waals surface area (Å²) in [6, 6.07) is 13.0. The van der Waals surface area contributed by atoms with Crippen LogP contribution in [0.1, 0.15) is 13.0 Å². The average Bonchev–Trinajstić information content (AvgIpc) is 3.10. The normalized spacial score (nSPS) is 11.9. The Bertz CT molecular complexity index is 856. The number of amides is 1. The smallest absolute Gasteiger partial charge is 0.267 e. The second kappa shape index (κ2) is 6.27. The molecule has 0 aliphatic carbocycles. The Morgan fingerprint density at radius 3 is 2.61 bits per heavy atom. The maximum Gasteiger partial charge on any atom is 0.267 e. The van der Waals surface area contributed by atoms with Crippen molar-refractivity contribution < 1.29 is 4.79 Å². The van der Waals surface area contributed by atoms with E-state index >= 15 is 0 Å². The van der Waals surface area contributed by atoms with Gasteiger partial charge in [0.25, 0.3) is 5.56 Å². The molecule has 0 aliphatic heterocycles. The molecule has 7 heteroatoms. The number of benzene rings is 1. The van der Waals surface area contributed by atoms with Gasteiger partial charge in [-0.1, -0.05) is 18.2 Å². The first-order valence-electron chi connectivity index (χ1n) is 7.11. The SMILES string of the molecule is CC(C(=O)Nc1ccccc1)n1nc(-n2cccn2)ccc1=O. The second-order valence-electron chi connectivity index (χ2n) is 4.96. The molecule has 1 aromatic carbocycles. The molecule has 0 saturated carbocycles. The van der Waals surface area contributed by atoms with Crippen molar-refractivity contribution in [2.45, 2.75) is 13.0 Å². The zero-order valence-electron chi connectivity index (χ0n) is 12.5. The van der Waals surface area contributed by atoms with Crippen LogP contribution in [-0.4, -0.2) is 25.5 Å². The van der Waals surface area contributed by atoms with Crippen molar-refractivity contribution in [1.82, 2.24) is 19.6 Å². The molecule has 0 fully saturated rings. The van der Waals surface area contributed by atoms with Gasteiger partial charge in [0.1, 0.15) is 6.04 Å². The molecule has 1 atom stereocenters. The molecule has 1 N–H and O–H groups in total. The third-order valence-corrected chi connectivity index (χ3v) is 3.34. The van der Waals surface area contributed by atoms with E-state index in [0.717, 1.165) is 4.68 Å². The predicted molar refractivity (Wildman–Crippen MR) is 85.4 cm³/mol. The van der Waals surface area contributed by atoms with E-state index in [4.69, 9.17) is 0 Å². The number of para-hydroxylation sites is 1. The molecule has 0 aliphatic rings. The molecule has 116 valence electrons. The van der Waals surface area contributed by atoms with Crippen LogP contribution in [0, 0.1) is 0 Å². The molecular weight excluding hydrogens is 294 g/mol. The Hall–Kier alpha value is -3.22. The average molecular weight is 309 g/mol. The van der Waals surface area contributed by atoms with Crippen molar-refractivity contribution in [3.8, 4) is 5.82 Å². The third-order valence-electron chi connectivity index (χ3n) is 3.34. The Kier molecular flexibility index (Phi) is 4.01. The summed E-state index contributed by atoms with van der Waals surface area (Å²) in [6.07, 6.45) is 3.33. The topological polar surface area (TPSA) is 81.8 Å². The quantitative estimate of drug-likeness (QED) is 0.794. The van der Waals surface area contributed by atoms with Crippen LogP contribution in [-0.2, 0) is 4.79 Å². The second-order valence-corrected chi connectivity index (χ2v) is 4.96. The zero-order chi connectivity index (χ0) is 16.2. The molecule has 0 spiro atoms. The Morgan fingerprint density at radius 1 is 1.13 bits per heavy atom. The van der Waals surface area contributed by atoms with E-state index in [2.05, 4.69) is 15.5 Å². The van der Waals surface area contributed by atoms with Crippen LogP contribution >= 0.6 is 0 Å². The highest BCUT2D eigenvalue weighted by atomic mass is 16.2. The van der Waals surface area contributed by atoms with Crippen LogP contribution in [0.3, 0.4) is 0 Å². The number of aromatic nitrogens is 4. The van der Waals surface area contributed by atoms with E-state index in [-0.39, 0.29) is 11.5 Å². The molecule has 2 heterocycles. The van der Waals surface area contributed by atoms with Crippen LogP contribution in [0.25, 0.3) is 5.82 Å². The summed E-state index contributed by atoms with van der Waals surface area (Å²) >= 11 is 0. The molecule has 23 heavy (non-hydrogen) atoms. The highest BCUT2D eigenvalue weighted by Gasteiger charge is 2.18. The summed E-state index contributed by atoms with van der Waals surface area (Å²) in [5.74, 6) is 0.150. The highest BCUT2D eigenvalue weighted by molar-refractivity contribution is 5.93. The van der Waals surface area contributed by atoms with Crippen LogP contribution in [0.15, 0.2) is 65.7 Å². The maximum absolute atomic E-state index is 12.3. The summed E-state index contributed by atoms with van der Waals surface area (Å²) in [4.78, 5) is 24.4. The van der Waals surface area contributed by atoms with Crippen LogP contribution in [0.2, 0.25) is 0 Å². The fourth-order valence-electron chi connectivity index (χ4n) is 2.10. The third kappa shape index (κ3) is 3.18. The molecule has 0 saturated heterocycles. The van der Waals surface area contributed by atoms with E-state index in [9.17, 15) is 9.59 Å². The zero-order valence-corrected chi connectivity index (χ0v) is 12.5. The number of hydrogen-bond acceptors (Lipinski definition) is 4. The number of nitrogens with one attached hydrogen (secondary N) is 1. The number of nitrogens with zero attached hydrogens (tertiary/aromatic N) is 4. The first-order chi connectivity index (χ1) is 11.1. The van der Waals surface area contributed by atoms with Gasteiger partial charge in [-0.25, -0.2) is 9.36 Å². The van der Waals surface area contributed by atoms with E-state index < -0.39 is 6.04 Å². The monoisotopic (exact) mass is 309 g/mol. The Labute approximate surface area is 132 Å². The molecule has 0 radical (unpaired) electrons. The summed E-state index contributed by atoms with van der Waals surface area (Å²) in [5.41, 5.74) is 0.317. The van der Waals surface area contributed by atoms with E-state index in [1.165, 1.54) is 10.7 Å². The molecule has 3 aromatic rings. The molecule has 2 aromatic heterocycles. The van der Waals surface area contributed by atoms with Crippen LogP contribution in [0.5, 0.6) is 0 Å².